The maximum Gasteiger partial charge on any atom is 0.137 e. The van der Waals surface area contributed by atoms with Gasteiger partial charge in [-0.15, -0.1) is 11.3 Å². The van der Waals surface area contributed by atoms with Crippen LogP contribution in [0.3, 0.4) is 0 Å². The van der Waals surface area contributed by atoms with Gasteiger partial charge in [-0.1, -0.05) is 6.07 Å². The Morgan fingerprint density at radius 3 is 2.71 bits per heavy atom. The SMILES string of the molecule is Oc1c(Br)ccc(F)c1[C@@H](c1cccs1)N1CCNCC1. The van der Waals surface area contributed by atoms with Crippen LogP contribution in [-0.2, 0) is 0 Å². The first-order valence-electron chi connectivity index (χ1n) is 6.83. The zero-order chi connectivity index (χ0) is 14.8. The van der Waals surface area contributed by atoms with Crippen molar-refractivity contribution in [2.75, 3.05) is 26.2 Å². The lowest BCUT2D eigenvalue weighted by atomic mass is 10.0. The lowest BCUT2D eigenvalue weighted by Gasteiger charge is -2.35. The van der Waals surface area contributed by atoms with E-state index in [0.29, 0.717) is 10.0 Å². The first kappa shape index (κ1) is 15.0. The average molecular weight is 371 g/mol. The number of phenols is 1. The fraction of sp³-hybridized carbons (Fsp3) is 0.333. The summed E-state index contributed by atoms with van der Waals surface area (Å²) in [5, 5.41) is 15.6. The van der Waals surface area contributed by atoms with E-state index in [2.05, 4.69) is 26.1 Å². The third-order valence-corrected chi connectivity index (χ3v) is 5.28. The van der Waals surface area contributed by atoms with E-state index in [9.17, 15) is 9.50 Å². The maximum atomic E-state index is 14.4. The van der Waals surface area contributed by atoms with Gasteiger partial charge in [-0.2, -0.15) is 0 Å². The molecular weight excluding hydrogens is 355 g/mol. The second-order valence-electron chi connectivity index (χ2n) is 5.00. The highest BCUT2D eigenvalue weighted by molar-refractivity contribution is 9.10. The number of hydrogen-bond acceptors (Lipinski definition) is 4. The highest BCUT2D eigenvalue weighted by Crippen LogP contribution is 2.41. The minimum Gasteiger partial charge on any atom is -0.506 e. The number of rotatable bonds is 3. The molecule has 1 aliphatic heterocycles. The number of phenolic OH excluding ortho intramolecular Hbond substituents is 1. The van der Waals surface area contributed by atoms with Crippen molar-refractivity contribution in [3.8, 4) is 5.75 Å². The molecule has 1 fully saturated rings. The minimum absolute atomic E-state index is 0.00747. The highest BCUT2D eigenvalue weighted by Gasteiger charge is 2.30. The Labute approximate surface area is 135 Å². The summed E-state index contributed by atoms with van der Waals surface area (Å²) in [5.74, 6) is -0.375. The van der Waals surface area contributed by atoms with Gasteiger partial charge in [0.15, 0.2) is 0 Å². The molecule has 0 amide bonds. The molecule has 3 nitrogen and oxygen atoms in total. The third-order valence-electron chi connectivity index (χ3n) is 3.72. The van der Waals surface area contributed by atoms with Crippen LogP contribution < -0.4 is 5.32 Å². The molecule has 1 aromatic carbocycles. The van der Waals surface area contributed by atoms with Crippen LogP contribution in [0.1, 0.15) is 16.5 Å². The lowest BCUT2D eigenvalue weighted by Crippen LogP contribution is -2.45. The first-order chi connectivity index (χ1) is 10.2. The second kappa shape index (κ2) is 6.44. The van der Waals surface area contributed by atoms with Crippen molar-refractivity contribution in [2.45, 2.75) is 6.04 Å². The summed E-state index contributed by atoms with van der Waals surface area (Å²) >= 11 is 4.88. The van der Waals surface area contributed by atoms with Gasteiger partial charge in [0.2, 0.25) is 0 Å². The van der Waals surface area contributed by atoms with Crippen LogP contribution in [-0.4, -0.2) is 36.2 Å². The largest absolute Gasteiger partial charge is 0.506 e. The van der Waals surface area contributed by atoms with Gasteiger partial charge in [0, 0.05) is 31.1 Å². The normalized spacial score (nSPS) is 17.8. The van der Waals surface area contributed by atoms with E-state index in [0.717, 1.165) is 31.1 Å². The zero-order valence-electron chi connectivity index (χ0n) is 11.4. The Morgan fingerprint density at radius 2 is 2.05 bits per heavy atom. The van der Waals surface area contributed by atoms with Crippen molar-refractivity contribution in [3.63, 3.8) is 0 Å². The summed E-state index contributed by atoms with van der Waals surface area (Å²) < 4.78 is 14.9. The predicted molar refractivity (Wildman–Crippen MR) is 86.4 cm³/mol. The van der Waals surface area contributed by atoms with Crippen molar-refractivity contribution in [2.24, 2.45) is 0 Å². The molecule has 1 atom stereocenters. The summed E-state index contributed by atoms with van der Waals surface area (Å²) in [7, 11) is 0. The van der Waals surface area contributed by atoms with E-state index in [1.807, 2.05) is 17.5 Å². The number of piperazine rings is 1. The molecule has 0 unspecified atom stereocenters. The maximum absolute atomic E-state index is 14.4. The topological polar surface area (TPSA) is 35.5 Å². The fourth-order valence-corrected chi connectivity index (χ4v) is 3.92. The Bertz CT molecular complexity index is 614. The Morgan fingerprint density at radius 1 is 1.29 bits per heavy atom. The standard InChI is InChI=1S/C15H16BrFN2OS/c16-10-3-4-11(17)13(15(10)20)14(12-2-1-9-21-12)19-7-5-18-6-8-19/h1-4,9,14,18,20H,5-8H2/t14-/m1/s1. The molecule has 0 spiro atoms. The molecule has 21 heavy (non-hydrogen) atoms. The molecule has 0 bridgehead atoms. The van der Waals surface area contributed by atoms with Gasteiger partial charge < -0.3 is 10.4 Å². The molecule has 2 N–H and O–H groups in total. The molecule has 0 saturated carbocycles. The van der Waals surface area contributed by atoms with Crippen LogP contribution in [0.4, 0.5) is 4.39 Å². The Balaban J connectivity index is 2.09. The molecular formula is C15H16BrFN2OS. The van der Waals surface area contributed by atoms with Crippen LogP contribution in [0, 0.1) is 5.82 Å². The Hall–Kier alpha value is -0.950. The summed E-state index contributed by atoms with van der Waals surface area (Å²) in [5.41, 5.74) is 0.355. The number of aromatic hydroxyl groups is 1. The van der Waals surface area contributed by atoms with E-state index in [1.54, 1.807) is 11.3 Å². The molecule has 0 aliphatic carbocycles. The van der Waals surface area contributed by atoms with Gasteiger partial charge >= 0.3 is 0 Å². The second-order valence-corrected chi connectivity index (χ2v) is 6.83. The van der Waals surface area contributed by atoms with E-state index >= 15 is 0 Å². The zero-order valence-corrected chi connectivity index (χ0v) is 13.8. The molecule has 1 aromatic heterocycles. The Kier molecular flexibility index (Phi) is 4.59. The molecule has 1 saturated heterocycles. The molecule has 3 rings (SSSR count). The highest BCUT2D eigenvalue weighted by atomic mass is 79.9. The smallest absolute Gasteiger partial charge is 0.137 e. The van der Waals surface area contributed by atoms with Crippen LogP contribution in [0.15, 0.2) is 34.1 Å². The van der Waals surface area contributed by atoms with Crippen molar-refractivity contribution < 1.29 is 9.50 Å². The number of hydrogen-bond donors (Lipinski definition) is 2. The van der Waals surface area contributed by atoms with Gasteiger partial charge in [-0.05, 0) is 39.5 Å². The predicted octanol–water partition coefficient (Wildman–Crippen LogP) is 3.35. The van der Waals surface area contributed by atoms with Crippen molar-refractivity contribution in [1.29, 1.82) is 0 Å². The van der Waals surface area contributed by atoms with Crippen molar-refractivity contribution in [3.05, 3.63) is 50.4 Å². The quantitative estimate of drug-likeness (QED) is 0.869. The van der Waals surface area contributed by atoms with E-state index < -0.39 is 0 Å². The molecule has 2 aromatic rings. The number of thiophene rings is 1. The molecule has 6 heteroatoms. The summed E-state index contributed by atoms with van der Waals surface area (Å²) in [4.78, 5) is 3.26. The van der Waals surface area contributed by atoms with Crippen LogP contribution in [0.2, 0.25) is 0 Å². The van der Waals surface area contributed by atoms with Gasteiger partial charge in [-0.3, -0.25) is 4.90 Å². The molecule has 1 aliphatic rings. The molecule has 112 valence electrons. The number of benzene rings is 1. The monoisotopic (exact) mass is 370 g/mol. The van der Waals surface area contributed by atoms with Crippen molar-refractivity contribution >= 4 is 27.3 Å². The van der Waals surface area contributed by atoms with Crippen LogP contribution >= 0.6 is 27.3 Å². The van der Waals surface area contributed by atoms with E-state index in [1.165, 1.54) is 12.1 Å². The van der Waals surface area contributed by atoms with Gasteiger partial charge in [0.25, 0.3) is 0 Å². The van der Waals surface area contributed by atoms with Gasteiger partial charge in [-0.25, -0.2) is 4.39 Å². The lowest BCUT2D eigenvalue weighted by molar-refractivity contribution is 0.194. The third kappa shape index (κ3) is 2.99. The van der Waals surface area contributed by atoms with Crippen LogP contribution in [0.5, 0.6) is 5.75 Å². The number of nitrogens with one attached hydrogen (secondary N) is 1. The van der Waals surface area contributed by atoms with Crippen LogP contribution in [0.25, 0.3) is 0 Å². The summed E-state index contributed by atoms with van der Waals surface area (Å²) in [6, 6.07) is 6.66. The van der Waals surface area contributed by atoms with E-state index in [-0.39, 0.29) is 17.6 Å². The molecule has 2 heterocycles. The van der Waals surface area contributed by atoms with Crippen molar-refractivity contribution in [1.82, 2.24) is 10.2 Å². The average Bonchev–Trinajstić information content (AvgIpc) is 3.02. The van der Waals surface area contributed by atoms with E-state index in [4.69, 9.17) is 0 Å². The number of halogens is 2. The van der Waals surface area contributed by atoms with Gasteiger partial charge in [0.1, 0.15) is 11.6 Å². The fourth-order valence-electron chi connectivity index (χ4n) is 2.71. The first-order valence-corrected chi connectivity index (χ1v) is 8.51. The summed E-state index contributed by atoms with van der Waals surface area (Å²) in [6.07, 6.45) is 0. The summed E-state index contributed by atoms with van der Waals surface area (Å²) in [6.45, 7) is 3.40. The minimum atomic E-state index is -0.368. The van der Waals surface area contributed by atoms with Gasteiger partial charge in [0.05, 0.1) is 16.1 Å². The number of nitrogens with zero attached hydrogens (tertiary/aromatic N) is 1. The molecule has 0 radical (unpaired) electrons.